The van der Waals surface area contributed by atoms with Crippen molar-refractivity contribution in [2.24, 2.45) is 0 Å². The van der Waals surface area contributed by atoms with E-state index in [0.29, 0.717) is 31.8 Å². The lowest BCUT2D eigenvalue weighted by atomic mass is 9.92. The van der Waals surface area contributed by atoms with E-state index < -0.39 is 0 Å². The molecule has 1 unspecified atom stereocenters. The van der Waals surface area contributed by atoms with E-state index in [1.165, 1.54) is 5.69 Å². The molecule has 0 N–H and O–H groups in total. The van der Waals surface area contributed by atoms with Gasteiger partial charge in [-0.3, -0.25) is 9.69 Å². The summed E-state index contributed by atoms with van der Waals surface area (Å²) in [6, 6.07) is 7.95. The van der Waals surface area contributed by atoms with Crippen molar-refractivity contribution in [1.82, 2.24) is 14.7 Å². The summed E-state index contributed by atoms with van der Waals surface area (Å²) in [5.74, 6) is 0.0340. The Bertz CT molecular complexity index is 714. The number of carbonyl (C=O) groups is 2. The first-order valence-corrected chi connectivity index (χ1v) is 9.80. The van der Waals surface area contributed by atoms with Gasteiger partial charge in [0.05, 0.1) is 5.54 Å². The Morgan fingerprint density at radius 3 is 2.44 bits per heavy atom. The normalized spacial score (nSPS) is 26.1. The van der Waals surface area contributed by atoms with E-state index >= 15 is 0 Å². The fraction of sp³-hybridized carbons (Fsp3) is 0.600. The molecule has 3 fully saturated rings. The van der Waals surface area contributed by atoms with Crippen molar-refractivity contribution in [2.75, 3.05) is 64.4 Å². The first-order valence-electron chi connectivity index (χ1n) is 9.80. The number of benzene rings is 1. The highest BCUT2D eigenvalue weighted by molar-refractivity contribution is 5.95. The van der Waals surface area contributed by atoms with Crippen LogP contribution in [0.4, 0.5) is 10.5 Å². The van der Waals surface area contributed by atoms with Crippen molar-refractivity contribution in [3.63, 3.8) is 0 Å². The zero-order valence-electron chi connectivity index (χ0n) is 16.2. The lowest BCUT2D eigenvalue weighted by Gasteiger charge is -2.44. The van der Waals surface area contributed by atoms with Gasteiger partial charge in [0.15, 0.2) is 0 Å². The van der Waals surface area contributed by atoms with Crippen molar-refractivity contribution in [1.29, 1.82) is 0 Å². The van der Waals surface area contributed by atoms with E-state index in [9.17, 15) is 9.59 Å². The molecule has 3 aliphatic rings. The molecule has 27 heavy (non-hydrogen) atoms. The zero-order chi connectivity index (χ0) is 19.0. The molecule has 4 rings (SSSR count). The van der Waals surface area contributed by atoms with Gasteiger partial charge in [-0.2, -0.15) is 0 Å². The molecule has 3 saturated heterocycles. The summed E-state index contributed by atoms with van der Waals surface area (Å²) < 4.78 is 5.26. The lowest BCUT2D eigenvalue weighted by molar-refractivity contribution is 0.0362. The van der Waals surface area contributed by atoms with E-state index in [4.69, 9.17) is 4.74 Å². The Morgan fingerprint density at radius 1 is 1.07 bits per heavy atom. The van der Waals surface area contributed by atoms with E-state index in [0.717, 1.165) is 32.6 Å². The summed E-state index contributed by atoms with van der Waals surface area (Å²) in [7, 11) is 2.14. The van der Waals surface area contributed by atoms with Gasteiger partial charge in [0.2, 0.25) is 0 Å². The SMILES string of the molecule is CCC12COC(=O)N1CCN(C(=O)c1ccc(N3CCN(C)CC3)cc1)C2. The summed E-state index contributed by atoms with van der Waals surface area (Å²) in [5, 5.41) is 0. The molecule has 0 aliphatic carbocycles. The van der Waals surface area contributed by atoms with Crippen LogP contribution in [0.3, 0.4) is 0 Å². The highest BCUT2D eigenvalue weighted by atomic mass is 16.6. The maximum atomic E-state index is 13.0. The maximum Gasteiger partial charge on any atom is 0.410 e. The molecular weight excluding hydrogens is 344 g/mol. The minimum atomic E-state index is -0.370. The fourth-order valence-electron chi connectivity index (χ4n) is 4.30. The number of fused-ring (bicyclic) bond motifs is 1. The van der Waals surface area contributed by atoms with Crippen molar-refractivity contribution in [3.05, 3.63) is 29.8 Å². The van der Waals surface area contributed by atoms with Crippen LogP contribution in [0.25, 0.3) is 0 Å². The summed E-state index contributed by atoms with van der Waals surface area (Å²) in [5.41, 5.74) is 1.51. The van der Waals surface area contributed by atoms with Gasteiger partial charge in [0, 0.05) is 57.1 Å². The number of piperazine rings is 2. The third-order valence-corrected chi connectivity index (χ3v) is 6.26. The first kappa shape index (κ1) is 18.1. The summed E-state index contributed by atoms with van der Waals surface area (Å²) in [6.45, 7) is 8.19. The minimum Gasteiger partial charge on any atom is -0.447 e. The van der Waals surface area contributed by atoms with Crippen molar-refractivity contribution < 1.29 is 14.3 Å². The van der Waals surface area contributed by atoms with Gasteiger partial charge in [-0.25, -0.2) is 4.79 Å². The van der Waals surface area contributed by atoms with Gasteiger partial charge in [-0.05, 0) is 37.7 Å². The lowest BCUT2D eigenvalue weighted by Crippen LogP contribution is -2.62. The molecule has 1 aromatic carbocycles. The van der Waals surface area contributed by atoms with Crippen molar-refractivity contribution in [3.8, 4) is 0 Å². The molecule has 3 aliphatic heterocycles. The standard InChI is InChI=1S/C20H28N4O3/c1-3-20-14-23(12-13-24(20)19(26)27-15-20)18(25)16-4-6-17(7-5-16)22-10-8-21(2)9-11-22/h4-7H,3,8-15H2,1-2H3. The zero-order valence-corrected chi connectivity index (χ0v) is 16.2. The number of amides is 2. The van der Waals surface area contributed by atoms with E-state index in [1.807, 2.05) is 36.1 Å². The topological polar surface area (TPSA) is 56.3 Å². The van der Waals surface area contributed by atoms with Crippen LogP contribution in [0.5, 0.6) is 0 Å². The van der Waals surface area contributed by atoms with Crippen LogP contribution >= 0.6 is 0 Å². The van der Waals surface area contributed by atoms with Gasteiger partial charge >= 0.3 is 6.09 Å². The Kier molecular flexibility index (Phi) is 4.72. The smallest absolute Gasteiger partial charge is 0.410 e. The largest absolute Gasteiger partial charge is 0.447 e. The number of rotatable bonds is 3. The Balaban J connectivity index is 1.44. The number of likely N-dealkylation sites (N-methyl/N-ethyl adjacent to an activating group) is 1. The monoisotopic (exact) mass is 372 g/mol. The number of ether oxygens (including phenoxy) is 1. The van der Waals surface area contributed by atoms with E-state index in [-0.39, 0.29) is 17.5 Å². The Labute approximate surface area is 160 Å². The van der Waals surface area contributed by atoms with Crippen molar-refractivity contribution >= 4 is 17.7 Å². The van der Waals surface area contributed by atoms with Gasteiger partial charge in [0.1, 0.15) is 6.61 Å². The average Bonchev–Trinajstić information content (AvgIpc) is 3.05. The number of cyclic esters (lactones) is 1. The predicted molar refractivity (Wildman–Crippen MR) is 103 cm³/mol. The third-order valence-electron chi connectivity index (χ3n) is 6.26. The molecule has 0 bridgehead atoms. The summed E-state index contributed by atoms with van der Waals surface area (Å²) in [6.07, 6.45) is 0.533. The predicted octanol–water partition coefficient (Wildman–Crippen LogP) is 1.50. The number of hydrogen-bond acceptors (Lipinski definition) is 5. The molecule has 1 aromatic rings. The first-order chi connectivity index (χ1) is 13.0. The number of anilines is 1. The van der Waals surface area contributed by atoms with Crippen LogP contribution in [-0.4, -0.2) is 91.7 Å². The van der Waals surface area contributed by atoms with Gasteiger partial charge in [-0.1, -0.05) is 6.92 Å². The van der Waals surface area contributed by atoms with Crippen LogP contribution in [0.2, 0.25) is 0 Å². The molecule has 0 aromatic heterocycles. The van der Waals surface area contributed by atoms with Gasteiger partial charge in [-0.15, -0.1) is 0 Å². The molecule has 3 heterocycles. The number of carbonyl (C=O) groups excluding carboxylic acids is 2. The van der Waals surface area contributed by atoms with Crippen LogP contribution in [0, 0.1) is 0 Å². The van der Waals surface area contributed by atoms with E-state index in [2.05, 4.69) is 16.8 Å². The Hall–Kier alpha value is -2.28. The molecule has 0 radical (unpaired) electrons. The van der Waals surface area contributed by atoms with Gasteiger partial charge in [0.25, 0.3) is 5.91 Å². The molecule has 2 amide bonds. The summed E-state index contributed by atoms with van der Waals surface area (Å²) in [4.78, 5) is 33.3. The van der Waals surface area contributed by atoms with Gasteiger partial charge < -0.3 is 19.4 Å². The summed E-state index contributed by atoms with van der Waals surface area (Å²) >= 11 is 0. The second kappa shape index (κ2) is 7.03. The quantitative estimate of drug-likeness (QED) is 0.805. The van der Waals surface area contributed by atoms with Crippen LogP contribution < -0.4 is 4.90 Å². The van der Waals surface area contributed by atoms with E-state index in [1.54, 1.807) is 4.90 Å². The molecule has 7 nitrogen and oxygen atoms in total. The highest BCUT2D eigenvalue weighted by Crippen LogP contribution is 2.32. The second-order valence-electron chi connectivity index (χ2n) is 7.85. The minimum absolute atomic E-state index is 0.0340. The molecule has 7 heteroatoms. The molecule has 146 valence electrons. The third kappa shape index (κ3) is 3.25. The Morgan fingerprint density at radius 2 is 1.78 bits per heavy atom. The molecular formula is C20H28N4O3. The van der Waals surface area contributed by atoms with Crippen LogP contribution in [0.1, 0.15) is 23.7 Å². The molecule has 1 atom stereocenters. The second-order valence-corrected chi connectivity index (χ2v) is 7.85. The van der Waals surface area contributed by atoms with Crippen molar-refractivity contribution in [2.45, 2.75) is 18.9 Å². The fourth-order valence-corrected chi connectivity index (χ4v) is 4.30. The molecule has 0 saturated carbocycles. The maximum absolute atomic E-state index is 13.0. The average molecular weight is 372 g/mol. The highest BCUT2D eigenvalue weighted by Gasteiger charge is 2.50. The number of nitrogens with zero attached hydrogens (tertiary/aromatic N) is 4. The van der Waals surface area contributed by atoms with Crippen LogP contribution in [-0.2, 0) is 4.74 Å². The number of hydrogen-bond donors (Lipinski definition) is 0. The van der Waals surface area contributed by atoms with Crippen LogP contribution in [0.15, 0.2) is 24.3 Å². The molecule has 0 spiro atoms.